The highest BCUT2D eigenvalue weighted by Gasteiger charge is 2.26. The number of rotatable bonds is 5. The summed E-state index contributed by atoms with van der Waals surface area (Å²) in [5, 5.41) is 1.18. The number of H-pyrrole nitrogens is 1. The maximum absolute atomic E-state index is 6.27. The fourth-order valence-electron chi connectivity index (χ4n) is 4.56. The van der Waals surface area contributed by atoms with Gasteiger partial charge < -0.3 is 10.7 Å². The van der Waals surface area contributed by atoms with Crippen LogP contribution >= 0.6 is 0 Å². The number of aliphatic imine (C=N–C) groups is 1. The summed E-state index contributed by atoms with van der Waals surface area (Å²) in [7, 11) is 0. The minimum Gasteiger partial charge on any atom is -0.382 e. The van der Waals surface area contributed by atoms with Crippen molar-refractivity contribution in [2.45, 2.75) is 65.7 Å². The molecule has 1 aromatic carbocycles. The third-order valence-electron chi connectivity index (χ3n) is 6.37. The predicted octanol–water partition coefficient (Wildman–Crippen LogP) is 8.75. The molecule has 202 valence electrons. The molecular weight excluding hydrogens is 468 g/mol. The monoisotopic (exact) mass is 512 g/mol. The van der Waals surface area contributed by atoms with E-state index >= 15 is 0 Å². The average Bonchev–Trinajstić information content (AvgIpc) is 3.57. The van der Waals surface area contributed by atoms with E-state index in [0.29, 0.717) is 11.7 Å². The van der Waals surface area contributed by atoms with E-state index in [4.69, 9.17) is 10.7 Å². The summed E-state index contributed by atoms with van der Waals surface area (Å²) in [5.74, 6) is 2.95. The van der Waals surface area contributed by atoms with Crippen LogP contribution in [-0.4, -0.2) is 25.6 Å². The molecule has 1 fully saturated rings. The zero-order valence-electron chi connectivity index (χ0n) is 23.5. The van der Waals surface area contributed by atoms with E-state index in [1.54, 1.807) is 24.5 Å². The highest BCUT2D eigenvalue weighted by Crippen LogP contribution is 2.38. The van der Waals surface area contributed by atoms with E-state index in [2.05, 4.69) is 70.3 Å². The lowest BCUT2D eigenvalue weighted by Crippen LogP contribution is -2.13. The predicted molar refractivity (Wildman–Crippen MR) is 166 cm³/mol. The van der Waals surface area contributed by atoms with E-state index in [0.717, 1.165) is 40.6 Å². The Balaban J connectivity index is 0.000000363. The van der Waals surface area contributed by atoms with Crippen LogP contribution in [-0.2, 0) is 0 Å². The van der Waals surface area contributed by atoms with Crippen LogP contribution in [0, 0.1) is 5.92 Å². The van der Waals surface area contributed by atoms with Crippen molar-refractivity contribution in [3.8, 4) is 11.4 Å². The van der Waals surface area contributed by atoms with E-state index in [1.807, 2.05) is 39.2 Å². The Hall–Kier alpha value is -3.93. The summed E-state index contributed by atoms with van der Waals surface area (Å²) in [6, 6.07) is 10.4. The van der Waals surface area contributed by atoms with Gasteiger partial charge in [0, 0.05) is 41.6 Å². The van der Waals surface area contributed by atoms with Gasteiger partial charge >= 0.3 is 0 Å². The van der Waals surface area contributed by atoms with Crippen LogP contribution in [0.15, 0.2) is 85.8 Å². The summed E-state index contributed by atoms with van der Waals surface area (Å²) in [4.78, 5) is 16.8. The quantitative estimate of drug-likeness (QED) is 0.159. The number of nitrogens with zero attached hydrogens (tertiary/aromatic N) is 4. The van der Waals surface area contributed by atoms with Gasteiger partial charge in [0.15, 0.2) is 0 Å². The van der Waals surface area contributed by atoms with Gasteiger partial charge in [0.25, 0.3) is 0 Å². The number of hydrogen-bond acceptors (Lipinski definition) is 4. The summed E-state index contributed by atoms with van der Waals surface area (Å²) in [6.45, 7) is 17.9. The number of anilines is 1. The second-order valence-corrected chi connectivity index (χ2v) is 8.89. The van der Waals surface area contributed by atoms with Gasteiger partial charge in [-0.05, 0) is 43.4 Å². The molecule has 3 N–H and O–H groups in total. The summed E-state index contributed by atoms with van der Waals surface area (Å²) >= 11 is 0. The smallest absolute Gasteiger partial charge is 0.150 e. The Morgan fingerprint density at radius 2 is 1.87 bits per heavy atom. The van der Waals surface area contributed by atoms with Crippen LogP contribution in [0.2, 0.25) is 0 Å². The summed E-state index contributed by atoms with van der Waals surface area (Å²) in [6.07, 6.45) is 16.7. The molecule has 6 heteroatoms. The van der Waals surface area contributed by atoms with Crippen molar-refractivity contribution in [3.05, 3.63) is 86.6 Å². The van der Waals surface area contributed by atoms with Crippen molar-refractivity contribution < 1.29 is 0 Å². The fourth-order valence-corrected chi connectivity index (χ4v) is 4.56. The maximum atomic E-state index is 6.27. The molecule has 1 aliphatic carbocycles. The number of nitrogen functional groups attached to an aromatic ring is 1. The van der Waals surface area contributed by atoms with Crippen molar-refractivity contribution in [2.24, 2.45) is 10.9 Å². The zero-order valence-corrected chi connectivity index (χ0v) is 23.5. The molecule has 0 bridgehead atoms. The van der Waals surface area contributed by atoms with Crippen molar-refractivity contribution in [1.29, 1.82) is 0 Å². The molecule has 6 nitrogen and oxygen atoms in total. The first-order valence-electron chi connectivity index (χ1n) is 13.6. The molecule has 0 spiro atoms. The summed E-state index contributed by atoms with van der Waals surface area (Å²) in [5.41, 5.74) is 10.2. The number of imidazole rings is 1. The van der Waals surface area contributed by atoms with Gasteiger partial charge in [-0.2, -0.15) is 0 Å². The molecule has 4 aromatic rings. The highest BCUT2D eigenvalue weighted by atomic mass is 15.1. The van der Waals surface area contributed by atoms with Gasteiger partial charge in [-0.1, -0.05) is 71.4 Å². The van der Waals surface area contributed by atoms with Crippen molar-refractivity contribution in [2.75, 3.05) is 5.73 Å². The number of aromatic nitrogens is 4. The normalized spacial score (nSPS) is 16.8. The van der Waals surface area contributed by atoms with Crippen LogP contribution in [0.5, 0.6) is 0 Å². The number of fused-ring (bicyclic) bond motifs is 2. The van der Waals surface area contributed by atoms with E-state index in [-0.39, 0.29) is 0 Å². The third kappa shape index (κ3) is 7.54. The molecule has 0 aliphatic heterocycles. The summed E-state index contributed by atoms with van der Waals surface area (Å²) < 4.78 is 2.16. The van der Waals surface area contributed by atoms with E-state index in [9.17, 15) is 0 Å². The van der Waals surface area contributed by atoms with Gasteiger partial charge in [0.05, 0.1) is 5.69 Å². The number of benzene rings is 1. The molecule has 1 aliphatic rings. The second kappa shape index (κ2) is 16.0. The van der Waals surface area contributed by atoms with Crippen LogP contribution < -0.4 is 5.73 Å². The Labute approximate surface area is 228 Å². The molecule has 5 rings (SSSR count). The third-order valence-corrected chi connectivity index (χ3v) is 6.37. The average molecular weight is 513 g/mol. The largest absolute Gasteiger partial charge is 0.382 e. The first-order valence-corrected chi connectivity index (χ1v) is 13.6. The van der Waals surface area contributed by atoms with Gasteiger partial charge in [-0.15, -0.1) is 13.2 Å². The van der Waals surface area contributed by atoms with E-state index in [1.165, 1.54) is 31.1 Å². The molecule has 1 saturated carbocycles. The number of hydrogen-bond donors (Lipinski definition) is 2. The minimum atomic E-state index is 0.485. The molecule has 0 unspecified atom stereocenters. The fraction of sp³-hybridized carbons (Fsp3) is 0.344. The zero-order chi connectivity index (χ0) is 27.9. The number of nitrogens with one attached hydrogen (secondary N) is 1. The molecule has 0 amide bonds. The first kappa shape index (κ1) is 30.3. The van der Waals surface area contributed by atoms with Crippen LogP contribution in [0.4, 0.5) is 5.82 Å². The first-order chi connectivity index (χ1) is 18.6. The van der Waals surface area contributed by atoms with Crippen LogP contribution in [0.1, 0.15) is 71.5 Å². The highest BCUT2D eigenvalue weighted by molar-refractivity contribution is 5.91. The maximum Gasteiger partial charge on any atom is 0.150 e. The Bertz CT molecular complexity index is 1290. The number of aromatic amines is 1. The Morgan fingerprint density at radius 3 is 2.53 bits per heavy atom. The number of allylic oxidation sites excluding steroid dienone is 2. The molecule has 0 atom stereocenters. The van der Waals surface area contributed by atoms with Gasteiger partial charge in [-0.25, -0.2) is 9.97 Å². The van der Waals surface area contributed by atoms with Gasteiger partial charge in [0.2, 0.25) is 0 Å². The number of nitrogens with two attached hydrogens (primary N) is 1. The molecule has 0 saturated heterocycles. The second-order valence-electron chi connectivity index (χ2n) is 8.89. The lowest BCUT2D eigenvalue weighted by molar-refractivity contribution is 0.339. The van der Waals surface area contributed by atoms with Crippen molar-refractivity contribution >= 4 is 28.5 Å². The minimum absolute atomic E-state index is 0.485. The van der Waals surface area contributed by atoms with Crippen molar-refractivity contribution in [1.82, 2.24) is 19.4 Å². The molecule has 38 heavy (non-hydrogen) atoms. The lowest BCUT2D eigenvalue weighted by Gasteiger charge is -2.25. The molecule has 0 radical (unpaired) electrons. The molecule has 3 heterocycles. The van der Waals surface area contributed by atoms with Crippen LogP contribution in [0.3, 0.4) is 0 Å². The SMILES string of the molecule is C=C.C=C/C=C\N=CCC.CC.CC1CCC(c2nc(-c3cc4ccccc4[nH]3)c3c(N)nccn23)CC1. The van der Waals surface area contributed by atoms with Gasteiger partial charge in [-0.3, -0.25) is 9.39 Å². The Kier molecular flexibility index (Phi) is 12.8. The van der Waals surface area contributed by atoms with E-state index < -0.39 is 0 Å². The Morgan fingerprint density at radius 1 is 1.16 bits per heavy atom. The number of para-hydroxylation sites is 1. The van der Waals surface area contributed by atoms with Crippen LogP contribution in [0.25, 0.3) is 27.8 Å². The molecule has 3 aromatic heterocycles. The topological polar surface area (TPSA) is 84.4 Å². The van der Waals surface area contributed by atoms with Gasteiger partial charge in [0.1, 0.15) is 22.9 Å². The van der Waals surface area contributed by atoms with Crippen molar-refractivity contribution in [3.63, 3.8) is 0 Å². The molecular formula is C32H44N6. The lowest BCUT2D eigenvalue weighted by atomic mass is 9.82. The standard InChI is InChI=1S/C21H23N5.C7H11N.C2H6.C2H4/c1-13-6-8-14(9-7-13)21-25-18(19-20(22)23-10-11-26(19)21)17-12-15-4-2-3-5-16(15)24-17;1-3-5-7-8-6-4-2;2*1-2/h2-5,10-14,24H,6-9H2,1H3,(H2,22,23);3,5-7H,1,4H2,2H3;1-2H3;1-2H2/b;7-5-,8-6?;;.